The molecule has 0 bridgehead atoms. The number of hydrogen-bond acceptors (Lipinski definition) is 6. The molecule has 2 aromatic rings. The first kappa shape index (κ1) is 23.2. The lowest BCUT2D eigenvalue weighted by atomic mass is 10.1. The monoisotopic (exact) mass is 489 g/mol. The molecular weight excluding hydrogens is 461 g/mol. The smallest absolute Gasteiger partial charge is 0.223 e. The average molecular weight is 489 g/mol. The minimum Gasteiger partial charge on any atom is -0.493 e. The number of methoxy groups -OCH3 is 1. The van der Waals surface area contributed by atoms with Gasteiger partial charge in [0.1, 0.15) is 5.75 Å². The van der Waals surface area contributed by atoms with Gasteiger partial charge in [-0.25, -0.2) is 0 Å². The molecule has 0 saturated heterocycles. The Balaban J connectivity index is 0.00000364. The molecule has 2 N–H and O–H groups in total. The van der Waals surface area contributed by atoms with Crippen LogP contribution in [0.3, 0.4) is 0 Å². The largest absolute Gasteiger partial charge is 0.493 e. The zero-order valence-electron chi connectivity index (χ0n) is 16.2. The summed E-state index contributed by atoms with van der Waals surface area (Å²) in [5.41, 5.74) is 2.22. The van der Waals surface area contributed by atoms with Gasteiger partial charge in [0.2, 0.25) is 5.89 Å². The van der Waals surface area contributed by atoms with Gasteiger partial charge in [-0.05, 0) is 18.6 Å². The molecule has 0 saturated carbocycles. The SMILES string of the molecule is CN=C(NCc1noc(C)n1)NCc1ccc(C)cc1OCCCOC.I. The second-order valence-electron chi connectivity index (χ2n) is 5.81. The summed E-state index contributed by atoms with van der Waals surface area (Å²) >= 11 is 0. The van der Waals surface area contributed by atoms with Gasteiger partial charge in [-0.2, -0.15) is 4.98 Å². The zero-order valence-corrected chi connectivity index (χ0v) is 18.6. The van der Waals surface area contributed by atoms with E-state index in [-0.39, 0.29) is 24.0 Å². The van der Waals surface area contributed by atoms with E-state index >= 15 is 0 Å². The highest BCUT2D eigenvalue weighted by molar-refractivity contribution is 14.0. The average Bonchev–Trinajstić information content (AvgIpc) is 3.05. The van der Waals surface area contributed by atoms with Crippen LogP contribution in [0.2, 0.25) is 0 Å². The summed E-state index contributed by atoms with van der Waals surface area (Å²) in [7, 11) is 3.41. The third-order valence-electron chi connectivity index (χ3n) is 3.63. The van der Waals surface area contributed by atoms with Crippen molar-refractivity contribution in [1.29, 1.82) is 0 Å². The fraction of sp³-hybridized carbons (Fsp3) is 0.500. The molecule has 0 atom stereocenters. The van der Waals surface area contributed by atoms with Crippen molar-refractivity contribution in [2.75, 3.05) is 27.4 Å². The predicted octanol–water partition coefficient (Wildman–Crippen LogP) is 2.58. The van der Waals surface area contributed by atoms with Gasteiger partial charge in [0.25, 0.3) is 0 Å². The number of guanidine groups is 1. The molecule has 27 heavy (non-hydrogen) atoms. The molecule has 0 amide bonds. The van der Waals surface area contributed by atoms with Crippen molar-refractivity contribution < 1.29 is 14.0 Å². The van der Waals surface area contributed by atoms with E-state index in [9.17, 15) is 0 Å². The molecular formula is C18H28IN5O3. The topological polar surface area (TPSA) is 93.8 Å². The van der Waals surface area contributed by atoms with Gasteiger partial charge >= 0.3 is 0 Å². The minimum absolute atomic E-state index is 0. The van der Waals surface area contributed by atoms with E-state index in [0.29, 0.717) is 44.0 Å². The lowest BCUT2D eigenvalue weighted by Gasteiger charge is -2.15. The summed E-state index contributed by atoms with van der Waals surface area (Å²) in [4.78, 5) is 8.36. The molecule has 0 aliphatic rings. The number of nitrogens with zero attached hydrogens (tertiary/aromatic N) is 3. The second kappa shape index (κ2) is 12.5. The lowest BCUT2D eigenvalue weighted by Crippen LogP contribution is -2.36. The van der Waals surface area contributed by atoms with E-state index < -0.39 is 0 Å². The highest BCUT2D eigenvalue weighted by Gasteiger charge is 2.07. The van der Waals surface area contributed by atoms with Gasteiger partial charge in [-0.3, -0.25) is 4.99 Å². The van der Waals surface area contributed by atoms with Gasteiger partial charge in [0.05, 0.1) is 13.2 Å². The summed E-state index contributed by atoms with van der Waals surface area (Å²) in [5, 5.41) is 10.3. The molecule has 0 aliphatic heterocycles. The summed E-state index contributed by atoms with van der Waals surface area (Å²) in [6.45, 7) is 6.14. The van der Waals surface area contributed by atoms with Crippen LogP contribution >= 0.6 is 24.0 Å². The Labute approximate surface area is 177 Å². The number of aryl methyl sites for hydroxylation is 2. The van der Waals surface area contributed by atoms with Crippen molar-refractivity contribution in [3.8, 4) is 5.75 Å². The van der Waals surface area contributed by atoms with Crippen molar-refractivity contribution in [3.05, 3.63) is 41.0 Å². The normalized spacial score (nSPS) is 11.0. The standard InChI is InChI=1S/C18H27N5O3.HI/c1-13-6-7-15(16(10-13)25-9-5-8-24-4)11-20-18(19-3)21-12-17-22-14(2)26-23-17;/h6-7,10H,5,8-9,11-12H2,1-4H3,(H2,19,20,21);1H. The summed E-state index contributed by atoms with van der Waals surface area (Å²) < 4.78 is 15.9. The van der Waals surface area contributed by atoms with Crippen molar-refractivity contribution >= 4 is 29.9 Å². The Bertz CT molecular complexity index is 721. The van der Waals surface area contributed by atoms with E-state index in [1.807, 2.05) is 13.0 Å². The maximum Gasteiger partial charge on any atom is 0.223 e. The number of halogens is 1. The molecule has 9 heteroatoms. The Morgan fingerprint density at radius 3 is 2.63 bits per heavy atom. The Kier molecular flexibility index (Phi) is 10.7. The van der Waals surface area contributed by atoms with Crippen LogP contribution in [0.25, 0.3) is 0 Å². The van der Waals surface area contributed by atoms with Crippen LogP contribution in [-0.4, -0.2) is 43.5 Å². The molecule has 0 unspecified atom stereocenters. The van der Waals surface area contributed by atoms with E-state index in [0.717, 1.165) is 23.3 Å². The first-order valence-electron chi connectivity index (χ1n) is 8.57. The third-order valence-corrected chi connectivity index (χ3v) is 3.63. The molecule has 8 nitrogen and oxygen atoms in total. The minimum atomic E-state index is 0. The Hall–Kier alpha value is -1.88. The number of rotatable bonds is 9. The van der Waals surface area contributed by atoms with Crippen LogP contribution in [0.1, 0.15) is 29.3 Å². The predicted molar refractivity (Wildman–Crippen MR) is 115 cm³/mol. The summed E-state index contributed by atoms with van der Waals surface area (Å²) in [6, 6.07) is 6.17. The molecule has 0 radical (unpaired) electrons. The van der Waals surface area contributed by atoms with Crippen molar-refractivity contribution in [3.63, 3.8) is 0 Å². The molecule has 150 valence electrons. The fourth-order valence-corrected chi connectivity index (χ4v) is 2.30. The molecule has 1 aromatic heterocycles. The van der Waals surface area contributed by atoms with E-state index in [2.05, 4.69) is 37.9 Å². The quantitative estimate of drug-likeness (QED) is 0.242. The maximum absolute atomic E-state index is 5.91. The summed E-state index contributed by atoms with van der Waals surface area (Å²) in [6.07, 6.45) is 0.852. The second-order valence-corrected chi connectivity index (χ2v) is 5.81. The van der Waals surface area contributed by atoms with Crippen molar-refractivity contribution in [1.82, 2.24) is 20.8 Å². The molecule has 2 rings (SSSR count). The number of nitrogens with one attached hydrogen (secondary N) is 2. The van der Waals surface area contributed by atoms with E-state index in [1.54, 1.807) is 21.1 Å². The van der Waals surface area contributed by atoms with E-state index in [4.69, 9.17) is 14.0 Å². The number of ether oxygens (including phenoxy) is 2. The van der Waals surface area contributed by atoms with Crippen LogP contribution in [0, 0.1) is 13.8 Å². The molecule has 0 spiro atoms. The number of hydrogen-bond donors (Lipinski definition) is 2. The van der Waals surface area contributed by atoms with Gasteiger partial charge in [-0.1, -0.05) is 17.3 Å². The molecule has 0 fully saturated rings. The zero-order chi connectivity index (χ0) is 18.8. The molecule has 1 heterocycles. The number of aliphatic imine (C=N–C) groups is 1. The lowest BCUT2D eigenvalue weighted by molar-refractivity contribution is 0.171. The van der Waals surface area contributed by atoms with Crippen molar-refractivity contribution in [2.45, 2.75) is 33.4 Å². The van der Waals surface area contributed by atoms with Crippen LogP contribution in [0.5, 0.6) is 5.75 Å². The number of aromatic nitrogens is 2. The van der Waals surface area contributed by atoms with E-state index in [1.165, 1.54) is 0 Å². The highest BCUT2D eigenvalue weighted by atomic mass is 127. The van der Waals surface area contributed by atoms with Gasteiger partial charge in [0.15, 0.2) is 11.8 Å². The Morgan fingerprint density at radius 1 is 1.19 bits per heavy atom. The summed E-state index contributed by atoms with van der Waals surface area (Å²) in [5.74, 6) is 2.65. The van der Waals surface area contributed by atoms with Crippen LogP contribution in [-0.2, 0) is 17.8 Å². The Morgan fingerprint density at radius 2 is 1.96 bits per heavy atom. The maximum atomic E-state index is 5.91. The van der Waals surface area contributed by atoms with Gasteiger partial charge in [0, 0.05) is 46.2 Å². The first-order chi connectivity index (χ1) is 12.6. The highest BCUT2D eigenvalue weighted by Crippen LogP contribution is 2.20. The van der Waals surface area contributed by atoms with Gasteiger partial charge < -0.3 is 24.6 Å². The molecule has 1 aromatic carbocycles. The third kappa shape index (κ3) is 8.12. The van der Waals surface area contributed by atoms with Crippen LogP contribution < -0.4 is 15.4 Å². The van der Waals surface area contributed by atoms with Crippen molar-refractivity contribution in [2.24, 2.45) is 4.99 Å². The van der Waals surface area contributed by atoms with Crippen LogP contribution in [0.15, 0.2) is 27.7 Å². The number of benzene rings is 1. The molecule has 0 aliphatic carbocycles. The van der Waals surface area contributed by atoms with Crippen LogP contribution in [0.4, 0.5) is 0 Å². The van der Waals surface area contributed by atoms with Gasteiger partial charge in [-0.15, -0.1) is 24.0 Å². The fourth-order valence-electron chi connectivity index (χ4n) is 2.30. The first-order valence-corrected chi connectivity index (χ1v) is 8.57.